The van der Waals surface area contributed by atoms with Gasteiger partial charge in [-0.15, -0.1) is 10.2 Å². The van der Waals surface area contributed by atoms with Gasteiger partial charge in [-0.05, 0) is 36.8 Å². The summed E-state index contributed by atoms with van der Waals surface area (Å²) in [6.45, 7) is 2.94. The maximum Gasteiger partial charge on any atom is 0.191 e. The molecule has 4 nitrogen and oxygen atoms in total. The second-order valence-corrected chi connectivity index (χ2v) is 6.39. The Morgan fingerprint density at radius 1 is 1.04 bits per heavy atom. The molecule has 0 bridgehead atoms. The number of hydrogen-bond acceptors (Lipinski definition) is 4. The SMILES string of the molecule is CCn1c(SCC=Cc2ccccc2)nnc1-c1ccc(OC)cc1. The summed E-state index contributed by atoms with van der Waals surface area (Å²) in [7, 11) is 1.67. The number of benzene rings is 2. The molecule has 1 aromatic heterocycles. The average molecular weight is 351 g/mol. The molecule has 128 valence electrons. The number of nitrogens with zero attached hydrogens (tertiary/aromatic N) is 3. The van der Waals surface area contributed by atoms with Crippen molar-refractivity contribution in [3.05, 3.63) is 66.2 Å². The first-order valence-electron chi connectivity index (χ1n) is 8.24. The average Bonchev–Trinajstić information content (AvgIpc) is 3.09. The van der Waals surface area contributed by atoms with Crippen LogP contribution in [0.5, 0.6) is 5.75 Å². The standard InChI is InChI=1S/C20H21N3OS/c1-3-23-19(17-11-13-18(24-2)14-12-17)21-22-20(23)25-15-7-10-16-8-5-4-6-9-16/h4-14H,3,15H2,1-2H3. The number of hydrogen-bond donors (Lipinski definition) is 0. The number of ether oxygens (including phenoxy) is 1. The molecule has 0 radical (unpaired) electrons. The Morgan fingerprint density at radius 3 is 2.48 bits per heavy atom. The van der Waals surface area contributed by atoms with E-state index in [4.69, 9.17) is 4.74 Å². The molecule has 0 aliphatic rings. The molecule has 0 fully saturated rings. The largest absolute Gasteiger partial charge is 0.497 e. The molecule has 0 atom stereocenters. The molecule has 25 heavy (non-hydrogen) atoms. The quantitative estimate of drug-likeness (QED) is 0.574. The number of methoxy groups -OCH3 is 1. The summed E-state index contributed by atoms with van der Waals surface area (Å²) in [4.78, 5) is 0. The van der Waals surface area contributed by atoms with Crippen LogP contribution in [-0.4, -0.2) is 27.6 Å². The van der Waals surface area contributed by atoms with Crippen molar-refractivity contribution >= 4 is 17.8 Å². The molecular weight excluding hydrogens is 330 g/mol. The van der Waals surface area contributed by atoms with Gasteiger partial charge in [0.2, 0.25) is 0 Å². The first-order valence-corrected chi connectivity index (χ1v) is 9.22. The predicted molar refractivity (Wildman–Crippen MR) is 104 cm³/mol. The van der Waals surface area contributed by atoms with Crippen molar-refractivity contribution in [3.8, 4) is 17.1 Å². The lowest BCUT2D eigenvalue weighted by molar-refractivity contribution is 0.415. The van der Waals surface area contributed by atoms with Crippen molar-refractivity contribution in [3.63, 3.8) is 0 Å². The van der Waals surface area contributed by atoms with Gasteiger partial charge in [0.05, 0.1) is 7.11 Å². The van der Waals surface area contributed by atoms with Crippen LogP contribution in [0.1, 0.15) is 12.5 Å². The molecule has 0 aliphatic carbocycles. The predicted octanol–water partition coefficient (Wildman–Crippen LogP) is 4.78. The smallest absolute Gasteiger partial charge is 0.191 e. The van der Waals surface area contributed by atoms with Crippen molar-refractivity contribution in [1.82, 2.24) is 14.8 Å². The van der Waals surface area contributed by atoms with Crippen LogP contribution in [0.4, 0.5) is 0 Å². The van der Waals surface area contributed by atoms with E-state index in [0.29, 0.717) is 0 Å². The van der Waals surface area contributed by atoms with E-state index in [1.807, 2.05) is 42.5 Å². The van der Waals surface area contributed by atoms with Gasteiger partial charge < -0.3 is 9.30 Å². The van der Waals surface area contributed by atoms with Gasteiger partial charge in [0.25, 0.3) is 0 Å². The van der Waals surface area contributed by atoms with Crippen molar-refractivity contribution in [2.75, 3.05) is 12.9 Å². The van der Waals surface area contributed by atoms with Crippen LogP contribution in [0, 0.1) is 0 Å². The summed E-state index contributed by atoms with van der Waals surface area (Å²) in [6, 6.07) is 18.2. The molecule has 5 heteroatoms. The molecule has 0 unspecified atom stereocenters. The van der Waals surface area contributed by atoms with E-state index in [0.717, 1.165) is 34.6 Å². The fourth-order valence-electron chi connectivity index (χ4n) is 2.51. The molecule has 3 rings (SSSR count). The van der Waals surface area contributed by atoms with Gasteiger partial charge in [0, 0.05) is 17.9 Å². The Kier molecular flexibility index (Phi) is 5.90. The highest BCUT2D eigenvalue weighted by Gasteiger charge is 2.12. The Bertz CT molecular complexity index is 826. The molecule has 0 saturated carbocycles. The minimum atomic E-state index is 0.832. The zero-order chi connectivity index (χ0) is 17.5. The van der Waals surface area contributed by atoms with E-state index in [-0.39, 0.29) is 0 Å². The second kappa shape index (κ2) is 8.53. The molecular formula is C20H21N3OS. The van der Waals surface area contributed by atoms with Crippen LogP contribution in [0.2, 0.25) is 0 Å². The van der Waals surface area contributed by atoms with Gasteiger partial charge in [-0.2, -0.15) is 0 Å². The van der Waals surface area contributed by atoms with E-state index in [1.54, 1.807) is 18.9 Å². The monoisotopic (exact) mass is 351 g/mol. The van der Waals surface area contributed by atoms with Gasteiger partial charge in [-0.25, -0.2) is 0 Å². The molecule has 3 aromatic rings. The van der Waals surface area contributed by atoms with E-state index < -0.39 is 0 Å². The molecule has 1 heterocycles. The van der Waals surface area contributed by atoms with Crippen LogP contribution in [-0.2, 0) is 6.54 Å². The molecule has 0 amide bonds. The van der Waals surface area contributed by atoms with Crippen molar-refractivity contribution in [2.45, 2.75) is 18.6 Å². The van der Waals surface area contributed by atoms with E-state index in [9.17, 15) is 0 Å². The molecule has 0 spiro atoms. The third-order valence-electron chi connectivity index (χ3n) is 3.80. The van der Waals surface area contributed by atoms with Crippen LogP contribution >= 0.6 is 11.8 Å². The first-order chi connectivity index (χ1) is 12.3. The van der Waals surface area contributed by atoms with Gasteiger partial charge in [-0.3, -0.25) is 0 Å². The highest BCUT2D eigenvalue weighted by molar-refractivity contribution is 7.99. The topological polar surface area (TPSA) is 39.9 Å². The Balaban J connectivity index is 1.70. The minimum absolute atomic E-state index is 0.832. The van der Waals surface area contributed by atoms with Gasteiger partial charge >= 0.3 is 0 Å². The maximum atomic E-state index is 5.21. The zero-order valence-corrected chi connectivity index (χ0v) is 15.2. The van der Waals surface area contributed by atoms with Gasteiger partial charge in [-0.1, -0.05) is 54.2 Å². The number of rotatable bonds is 7. The summed E-state index contributed by atoms with van der Waals surface area (Å²) in [5, 5.41) is 9.67. The maximum absolute atomic E-state index is 5.21. The first kappa shape index (κ1) is 17.3. The Morgan fingerprint density at radius 2 is 1.80 bits per heavy atom. The van der Waals surface area contributed by atoms with Crippen molar-refractivity contribution < 1.29 is 4.74 Å². The molecule has 0 saturated heterocycles. The van der Waals surface area contributed by atoms with Crippen LogP contribution in [0.25, 0.3) is 17.5 Å². The lowest BCUT2D eigenvalue weighted by atomic mass is 10.2. The number of thioether (sulfide) groups is 1. The third-order valence-corrected chi connectivity index (χ3v) is 4.72. The van der Waals surface area contributed by atoms with E-state index in [1.165, 1.54) is 5.56 Å². The van der Waals surface area contributed by atoms with Crippen LogP contribution < -0.4 is 4.74 Å². The van der Waals surface area contributed by atoms with Gasteiger partial charge in [0.15, 0.2) is 11.0 Å². The summed E-state index contributed by atoms with van der Waals surface area (Å²) in [6.07, 6.45) is 4.28. The number of aromatic nitrogens is 3. The van der Waals surface area contributed by atoms with Crippen LogP contribution in [0.15, 0.2) is 65.8 Å². The summed E-state index contributed by atoms with van der Waals surface area (Å²) < 4.78 is 7.36. The second-order valence-electron chi connectivity index (χ2n) is 5.40. The normalized spacial score (nSPS) is 11.1. The Hall–Kier alpha value is -2.53. The summed E-state index contributed by atoms with van der Waals surface area (Å²) in [5.74, 6) is 2.59. The van der Waals surface area contributed by atoms with Gasteiger partial charge in [0.1, 0.15) is 5.75 Å². The fraction of sp³-hybridized carbons (Fsp3) is 0.200. The van der Waals surface area contributed by atoms with Crippen molar-refractivity contribution in [2.24, 2.45) is 0 Å². The molecule has 0 aliphatic heterocycles. The highest BCUT2D eigenvalue weighted by atomic mass is 32.2. The highest BCUT2D eigenvalue weighted by Crippen LogP contribution is 2.25. The zero-order valence-electron chi connectivity index (χ0n) is 14.4. The van der Waals surface area contributed by atoms with Crippen molar-refractivity contribution in [1.29, 1.82) is 0 Å². The third kappa shape index (κ3) is 4.31. The summed E-state index contributed by atoms with van der Waals surface area (Å²) >= 11 is 1.69. The van der Waals surface area contributed by atoms with Crippen LogP contribution in [0.3, 0.4) is 0 Å². The Labute approximate surface area is 152 Å². The van der Waals surface area contributed by atoms with E-state index in [2.05, 4.69) is 46.0 Å². The minimum Gasteiger partial charge on any atom is -0.497 e. The van der Waals surface area contributed by atoms with E-state index >= 15 is 0 Å². The molecule has 2 aromatic carbocycles. The lowest BCUT2D eigenvalue weighted by Gasteiger charge is -2.07. The molecule has 0 N–H and O–H groups in total. The lowest BCUT2D eigenvalue weighted by Crippen LogP contribution is -1.99. The summed E-state index contributed by atoms with van der Waals surface area (Å²) in [5.41, 5.74) is 2.25. The fourth-order valence-corrected chi connectivity index (χ4v) is 3.32.